The zero-order valence-electron chi connectivity index (χ0n) is 19.8. The molecule has 1 aromatic heterocycles. The Morgan fingerprint density at radius 2 is 1.85 bits per heavy atom. The predicted molar refractivity (Wildman–Crippen MR) is 132 cm³/mol. The zero-order chi connectivity index (χ0) is 23.8. The molecule has 0 atom stereocenters. The molecule has 2 heterocycles. The molecular formula is C27H33N3O4. The highest BCUT2D eigenvalue weighted by Gasteiger charge is 2.15. The lowest BCUT2D eigenvalue weighted by atomic mass is 10.1. The molecule has 0 spiro atoms. The monoisotopic (exact) mass is 463 g/mol. The molecular weight excluding hydrogens is 430 g/mol. The average molecular weight is 464 g/mol. The molecule has 0 bridgehead atoms. The number of hydrogen-bond acceptors (Lipinski definition) is 5. The van der Waals surface area contributed by atoms with Gasteiger partial charge in [-0.3, -0.25) is 14.2 Å². The van der Waals surface area contributed by atoms with Crippen LogP contribution in [0.5, 0.6) is 0 Å². The summed E-state index contributed by atoms with van der Waals surface area (Å²) in [6.45, 7) is 5.41. The van der Waals surface area contributed by atoms with Crippen LogP contribution in [0.25, 0.3) is 10.9 Å². The van der Waals surface area contributed by atoms with Gasteiger partial charge in [-0.1, -0.05) is 37.1 Å². The fraction of sp³-hybridized carbons (Fsp3) is 0.444. The maximum absolute atomic E-state index is 13.0. The topological polar surface area (TPSA) is 82.5 Å². The van der Waals surface area contributed by atoms with Gasteiger partial charge in [0.1, 0.15) is 5.82 Å². The van der Waals surface area contributed by atoms with Gasteiger partial charge in [0, 0.05) is 31.7 Å². The number of carbonyl (C=O) groups excluding carboxylic acids is 1. The van der Waals surface area contributed by atoms with Crippen LogP contribution in [0.2, 0.25) is 0 Å². The second-order valence-corrected chi connectivity index (χ2v) is 8.63. The van der Waals surface area contributed by atoms with Gasteiger partial charge in [-0.25, -0.2) is 4.98 Å². The first kappa shape index (κ1) is 24.1. The molecule has 4 rings (SSSR count). The zero-order valence-corrected chi connectivity index (χ0v) is 19.8. The van der Waals surface area contributed by atoms with Crippen LogP contribution in [-0.4, -0.2) is 35.3 Å². The van der Waals surface area contributed by atoms with E-state index in [1.165, 1.54) is 0 Å². The van der Waals surface area contributed by atoms with Crippen LogP contribution in [0.3, 0.4) is 0 Å². The van der Waals surface area contributed by atoms with Crippen molar-refractivity contribution in [3.8, 4) is 0 Å². The van der Waals surface area contributed by atoms with E-state index in [4.69, 9.17) is 14.5 Å². The molecule has 1 aliphatic rings. The van der Waals surface area contributed by atoms with E-state index in [-0.39, 0.29) is 11.5 Å². The molecule has 0 radical (unpaired) electrons. The van der Waals surface area contributed by atoms with Crippen LogP contribution < -0.4 is 10.9 Å². The van der Waals surface area contributed by atoms with Crippen molar-refractivity contribution in [2.75, 3.05) is 19.8 Å². The van der Waals surface area contributed by atoms with Crippen LogP contribution in [0.1, 0.15) is 59.9 Å². The molecule has 34 heavy (non-hydrogen) atoms. The lowest BCUT2D eigenvalue weighted by molar-refractivity contribution is 0.0453. The number of fused-ring (bicyclic) bond motifs is 2. The largest absolute Gasteiger partial charge is 0.379 e. The molecule has 0 saturated carbocycles. The van der Waals surface area contributed by atoms with Crippen molar-refractivity contribution in [3.63, 3.8) is 0 Å². The van der Waals surface area contributed by atoms with Gasteiger partial charge in [-0.2, -0.15) is 0 Å². The molecule has 0 saturated heterocycles. The standard InChI is InChI=1S/C27H33N3O4/c1-2-33-14-15-34-19-21-9-7-8-20(16-21)18-28-26(31)22-11-12-23-24(17-22)29-25-10-5-3-4-6-13-30(25)27(23)32/h7-9,11-12,16-17H,2-6,10,13-15,18-19H2,1H3,(H,28,31). The summed E-state index contributed by atoms with van der Waals surface area (Å²) < 4.78 is 12.7. The van der Waals surface area contributed by atoms with E-state index in [0.29, 0.717) is 49.4 Å². The van der Waals surface area contributed by atoms with E-state index < -0.39 is 0 Å². The van der Waals surface area contributed by atoms with Gasteiger partial charge in [0.05, 0.1) is 30.7 Å². The number of hydrogen-bond donors (Lipinski definition) is 1. The highest BCUT2D eigenvalue weighted by molar-refractivity contribution is 5.97. The Balaban J connectivity index is 1.42. The Morgan fingerprint density at radius 1 is 1.03 bits per heavy atom. The maximum Gasteiger partial charge on any atom is 0.261 e. The van der Waals surface area contributed by atoms with Gasteiger partial charge in [0.2, 0.25) is 0 Å². The third-order valence-corrected chi connectivity index (χ3v) is 6.12. The van der Waals surface area contributed by atoms with E-state index in [1.54, 1.807) is 18.2 Å². The number of rotatable bonds is 9. The first-order chi connectivity index (χ1) is 16.7. The number of carbonyl (C=O) groups is 1. The molecule has 7 heteroatoms. The molecule has 0 aliphatic carbocycles. The van der Waals surface area contributed by atoms with Gasteiger partial charge >= 0.3 is 0 Å². The summed E-state index contributed by atoms with van der Waals surface area (Å²) in [5.74, 6) is 0.643. The van der Waals surface area contributed by atoms with Crippen molar-refractivity contribution in [2.45, 2.75) is 58.7 Å². The van der Waals surface area contributed by atoms with Crippen LogP contribution in [0.4, 0.5) is 0 Å². The summed E-state index contributed by atoms with van der Waals surface area (Å²) in [4.78, 5) is 30.6. The van der Waals surface area contributed by atoms with Gasteiger partial charge < -0.3 is 14.8 Å². The van der Waals surface area contributed by atoms with E-state index in [9.17, 15) is 9.59 Å². The Morgan fingerprint density at radius 3 is 2.74 bits per heavy atom. The Kier molecular flexibility index (Phi) is 8.44. The minimum absolute atomic E-state index is 0.00542. The van der Waals surface area contributed by atoms with Gasteiger partial charge in [-0.05, 0) is 49.1 Å². The summed E-state index contributed by atoms with van der Waals surface area (Å²) in [5, 5.41) is 3.54. The highest BCUT2D eigenvalue weighted by Crippen LogP contribution is 2.17. The summed E-state index contributed by atoms with van der Waals surface area (Å²) in [6, 6.07) is 13.1. The Bertz CT molecular complexity index is 1190. The predicted octanol–water partition coefficient (Wildman–Crippen LogP) is 4.00. The number of aromatic nitrogens is 2. The van der Waals surface area contributed by atoms with Crippen LogP contribution in [0, 0.1) is 0 Å². The van der Waals surface area contributed by atoms with Gasteiger partial charge in [0.15, 0.2) is 0 Å². The second kappa shape index (κ2) is 11.9. The number of nitrogens with one attached hydrogen (secondary N) is 1. The molecule has 3 aromatic rings. The van der Waals surface area contributed by atoms with E-state index in [1.807, 2.05) is 35.8 Å². The number of nitrogens with zero attached hydrogens (tertiary/aromatic N) is 2. The Hall–Kier alpha value is -3.03. The van der Waals surface area contributed by atoms with E-state index >= 15 is 0 Å². The molecule has 0 unspecified atom stereocenters. The lowest BCUT2D eigenvalue weighted by Crippen LogP contribution is -2.27. The number of aryl methyl sites for hydroxylation is 1. The third kappa shape index (κ3) is 6.10. The fourth-order valence-electron chi connectivity index (χ4n) is 4.30. The Labute approximate surface area is 200 Å². The van der Waals surface area contributed by atoms with Crippen LogP contribution >= 0.6 is 0 Å². The molecule has 1 N–H and O–H groups in total. The number of amides is 1. The average Bonchev–Trinajstić information content (AvgIpc) is 2.83. The lowest BCUT2D eigenvalue weighted by Gasteiger charge is -2.16. The normalized spacial score (nSPS) is 13.8. The number of benzene rings is 2. The molecule has 2 aromatic carbocycles. The first-order valence-corrected chi connectivity index (χ1v) is 12.2. The van der Waals surface area contributed by atoms with E-state index in [0.717, 1.165) is 55.6 Å². The fourth-order valence-corrected chi connectivity index (χ4v) is 4.30. The minimum Gasteiger partial charge on any atom is -0.379 e. The summed E-state index contributed by atoms with van der Waals surface area (Å²) in [5.41, 5.74) is 3.14. The molecule has 7 nitrogen and oxygen atoms in total. The van der Waals surface area contributed by atoms with Gasteiger partial charge in [-0.15, -0.1) is 0 Å². The summed E-state index contributed by atoms with van der Waals surface area (Å²) >= 11 is 0. The van der Waals surface area contributed by atoms with Crippen molar-refractivity contribution >= 4 is 16.8 Å². The highest BCUT2D eigenvalue weighted by atomic mass is 16.5. The quantitative estimate of drug-likeness (QED) is 0.485. The van der Waals surface area contributed by atoms with E-state index in [2.05, 4.69) is 5.32 Å². The van der Waals surface area contributed by atoms with Crippen molar-refractivity contribution in [2.24, 2.45) is 0 Å². The SMILES string of the molecule is CCOCCOCc1cccc(CNC(=O)c2ccc3c(=O)n4c(nc3c2)CCCCCC4)c1. The van der Waals surface area contributed by atoms with Crippen LogP contribution in [0.15, 0.2) is 47.3 Å². The summed E-state index contributed by atoms with van der Waals surface area (Å²) in [6.07, 6.45) is 5.15. The molecule has 0 fully saturated rings. The van der Waals surface area contributed by atoms with Gasteiger partial charge in [0.25, 0.3) is 11.5 Å². The number of ether oxygens (including phenoxy) is 2. The molecule has 1 aliphatic heterocycles. The van der Waals surface area contributed by atoms with Crippen molar-refractivity contribution < 1.29 is 14.3 Å². The maximum atomic E-state index is 13.0. The smallest absolute Gasteiger partial charge is 0.261 e. The second-order valence-electron chi connectivity index (χ2n) is 8.63. The van der Waals surface area contributed by atoms with Crippen LogP contribution in [-0.2, 0) is 35.6 Å². The minimum atomic E-state index is -0.186. The molecule has 180 valence electrons. The van der Waals surface area contributed by atoms with Crippen molar-refractivity contribution in [3.05, 3.63) is 75.3 Å². The van der Waals surface area contributed by atoms with Crippen molar-refractivity contribution in [1.29, 1.82) is 0 Å². The first-order valence-electron chi connectivity index (χ1n) is 12.2. The van der Waals surface area contributed by atoms with Crippen molar-refractivity contribution in [1.82, 2.24) is 14.9 Å². The molecule has 1 amide bonds. The summed E-state index contributed by atoms with van der Waals surface area (Å²) in [7, 11) is 0. The third-order valence-electron chi connectivity index (χ3n) is 6.12.